The van der Waals surface area contributed by atoms with Crippen LogP contribution in [0.2, 0.25) is 0 Å². The van der Waals surface area contributed by atoms with Crippen LogP contribution in [0.15, 0.2) is 18.2 Å². The van der Waals surface area contributed by atoms with Crippen molar-refractivity contribution in [2.24, 2.45) is 0 Å². The molecule has 1 atom stereocenters. The van der Waals surface area contributed by atoms with E-state index in [2.05, 4.69) is 9.55 Å². The lowest BCUT2D eigenvalue weighted by atomic mass is 10.3. The molecule has 4 nitrogen and oxygen atoms in total. The van der Waals surface area contributed by atoms with E-state index in [0.29, 0.717) is 13.2 Å². The van der Waals surface area contributed by atoms with Gasteiger partial charge in [-0.15, -0.1) is 11.6 Å². The van der Waals surface area contributed by atoms with Gasteiger partial charge in [-0.2, -0.15) is 0 Å². The standard InChI is InChI=1S/C16H23ClN2O2/c1-5-20-14-8-6-7-13-15(14)18-16(12(4)17)19(13)9-10-21-11(2)3/h6-8,11-12H,5,9-10H2,1-4H3. The topological polar surface area (TPSA) is 36.3 Å². The zero-order chi connectivity index (χ0) is 15.4. The van der Waals surface area contributed by atoms with Crippen LogP contribution in [0.25, 0.3) is 11.0 Å². The third-order valence-electron chi connectivity index (χ3n) is 3.19. The molecule has 0 bridgehead atoms. The van der Waals surface area contributed by atoms with Crippen LogP contribution in [-0.4, -0.2) is 28.9 Å². The molecule has 21 heavy (non-hydrogen) atoms. The van der Waals surface area contributed by atoms with Crippen molar-refractivity contribution in [3.63, 3.8) is 0 Å². The van der Waals surface area contributed by atoms with Crippen molar-refractivity contribution in [3.05, 3.63) is 24.0 Å². The Morgan fingerprint density at radius 3 is 2.67 bits per heavy atom. The van der Waals surface area contributed by atoms with Crippen LogP contribution in [0.3, 0.4) is 0 Å². The Bertz CT molecular complexity index is 593. The average molecular weight is 311 g/mol. The molecule has 0 aliphatic carbocycles. The number of nitrogens with zero attached hydrogens (tertiary/aromatic N) is 2. The highest BCUT2D eigenvalue weighted by atomic mass is 35.5. The summed E-state index contributed by atoms with van der Waals surface area (Å²) in [4.78, 5) is 4.68. The third-order valence-corrected chi connectivity index (χ3v) is 3.39. The molecule has 2 rings (SSSR count). The maximum atomic E-state index is 6.29. The van der Waals surface area contributed by atoms with E-state index >= 15 is 0 Å². The fourth-order valence-corrected chi connectivity index (χ4v) is 2.50. The number of fused-ring (bicyclic) bond motifs is 1. The number of halogens is 1. The number of benzene rings is 1. The van der Waals surface area contributed by atoms with Crippen LogP contribution in [0, 0.1) is 0 Å². The van der Waals surface area contributed by atoms with Crippen LogP contribution in [0.5, 0.6) is 5.75 Å². The first kappa shape index (κ1) is 16.1. The SMILES string of the molecule is CCOc1cccc2c1nc(C(C)Cl)n2CCOC(C)C. The van der Waals surface area contributed by atoms with Crippen LogP contribution in [0.1, 0.15) is 38.9 Å². The Hall–Kier alpha value is -1.26. The van der Waals surface area contributed by atoms with Gasteiger partial charge in [0.1, 0.15) is 17.1 Å². The molecular weight excluding hydrogens is 288 g/mol. The fraction of sp³-hybridized carbons (Fsp3) is 0.562. The minimum absolute atomic E-state index is 0.161. The molecule has 2 aromatic rings. The summed E-state index contributed by atoms with van der Waals surface area (Å²) in [6.45, 7) is 9.96. The summed E-state index contributed by atoms with van der Waals surface area (Å²) in [5.74, 6) is 1.66. The van der Waals surface area contributed by atoms with E-state index < -0.39 is 0 Å². The Labute approximate surface area is 131 Å². The summed E-state index contributed by atoms with van der Waals surface area (Å²) in [5.41, 5.74) is 1.90. The molecule has 0 aliphatic rings. The number of hydrogen-bond donors (Lipinski definition) is 0. The van der Waals surface area contributed by atoms with E-state index in [1.807, 2.05) is 45.9 Å². The van der Waals surface area contributed by atoms with Crippen LogP contribution in [-0.2, 0) is 11.3 Å². The minimum Gasteiger partial charge on any atom is -0.492 e. The molecular formula is C16H23ClN2O2. The van der Waals surface area contributed by atoms with Gasteiger partial charge < -0.3 is 14.0 Å². The monoisotopic (exact) mass is 310 g/mol. The second kappa shape index (κ2) is 7.14. The zero-order valence-corrected chi connectivity index (χ0v) is 13.9. The van der Waals surface area contributed by atoms with E-state index in [1.165, 1.54) is 0 Å². The smallest absolute Gasteiger partial charge is 0.147 e. The van der Waals surface area contributed by atoms with Crippen molar-refractivity contribution in [1.29, 1.82) is 0 Å². The summed E-state index contributed by atoms with van der Waals surface area (Å²) in [5, 5.41) is -0.161. The molecule has 0 radical (unpaired) electrons. The van der Waals surface area contributed by atoms with Crippen molar-refractivity contribution in [3.8, 4) is 5.75 Å². The predicted octanol–water partition coefficient (Wildman–Crippen LogP) is 4.16. The van der Waals surface area contributed by atoms with Gasteiger partial charge in [-0.1, -0.05) is 6.07 Å². The summed E-state index contributed by atoms with van der Waals surface area (Å²) in [6.07, 6.45) is 0.218. The molecule has 0 fully saturated rings. The van der Waals surface area contributed by atoms with E-state index in [4.69, 9.17) is 21.1 Å². The van der Waals surface area contributed by atoms with Crippen LogP contribution < -0.4 is 4.74 Å². The number of imidazole rings is 1. The Balaban J connectivity index is 2.40. The second-order valence-electron chi connectivity index (χ2n) is 5.21. The Morgan fingerprint density at radius 1 is 1.29 bits per heavy atom. The third kappa shape index (κ3) is 3.69. The van der Waals surface area contributed by atoms with E-state index in [-0.39, 0.29) is 11.5 Å². The molecule has 1 unspecified atom stereocenters. The average Bonchev–Trinajstić information content (AvgIpc) is 2.79. The first-order chi connectivity index (χ1) is 10.0. The lowest BCUT2D eigenvalue weighted by Crippen LogP contribution is -2.13. The van der Waals surface area contributed by atoms with Gasteiger partial charge in [-0.05, 0) is 39.8 Å². The molecule has 0 spiro atoms. The molecule has 0 saturated carbocycles. The van der Waals surface area contributed by atoms with Gasteiger partial charge in [0.05, 0.1) is 30.2 Å². The molecule has 1 aromatic heterocycles. The van der Waals surface area contributed by atoms with Crippen molar-refractivity contribution in [1.82, 2.24) is 9.55 Å². The van der Waals surface area contributed by atoms with E-state index in [9.17, 15) is 0 Å². The molecule has 0 amide bonds. The van der Waals surface area contributed by atoms with Gasteiger partial charge in [0, 0.05) is 6.54 Å². The van der Waals surface area contributed by atoms with Crippen LogP contribution in [0.4, 0.5) is 0 Å². The molecule has 0 N–H and O–H groups in total. The lowest BCUT2D eigenvalue weighted by molar-refractivity contribution is 0.0729. The first-order valence-corrected chi connectivity index (χ1v) is 7.85. The van der Waals surface area contributed by atoms with Crippen molar-refractivity contribution in [2.45, 2.75) is 45.7 Å². The van der Waals surface area contributed by atoms with Crippen molar-refractivity contribution < 1.29 is 9.47 Å². The summed E-state index contributed by atoms with van der Waals surface area (Å²) >= 11 is 6.29. The summed E-state index contributed by atoms with van der Waals surface area (Å²) in [6, 6.07) is 5.97. The van der Waals surface area contributed by atoms with Gasteiger partial charge in [-0.3, -0.25) is 0 Å². The van der Waals surface area contributed by atoms with Gasteiger partial charge in [0.25, 0.3) is 0 Å². The van der Waals surface area contributed by atoms with E-state index in [1.54, 1.807) is 0 Å². The number of ether oxygens (including phenoxy) is 2. The van der Waals surface area contributed by atoms with Gasteiger partial charge in [-0.25, -0.2) is 4.98 Å². The van der Waals surface area contributed by atoms with Gasteiger partial charge in [0.15, 0.2) is 0 Å². The molecule has 5 heteroatoms. The fourth-order valence-electron chi connectivity index (χ4n) is 2.33. The van der Waals surface area contributed by atoms with E-state index in [0.717, 1.165) is 29.2 Å². The minimum atomic E-state index is -0.161. The largest absolute Gasteiger partial charge is 0.492 e. The van der Waals surface area contributed by atoms with Gasteiger partial charge >= 0.3 is 0 Å². The number of aromatic nitrogens is 2. The number of para-hydroxylation sites is 1. The van der Waals surface area contributed by atoms with Gasteiger partial charge in [0.2, 0.25) is 0 Å². The number of rotatable bonds is 7. The summed E-state index contributed by atoms with van der Waals surface area (Å²) in [7, 11) is 0. The number of alkyl halides is 1. The second-order valence-corrected chi connectivity index (χ2v) is 5.87. The summed E-state index contributed by atoms with van der Waals surface area (Å²) < 4.78 is 13.4. The maximum Gasteiger partial charge on any atom is 0.147 e. The highest BCUT2D eigenvalue weighted by Crippen LogP contribution is 2.30. The first-order valence-electron chi connectivity index (χ1n) is 7.42. The molecule has 0 saturated heterocycles. The zero-order valence-electron chi connectivity index (χ0n) is 13.1. The maximum absolute atomic E-state index is 6.29. The Kier molecular flexibility index (Phi) is 5.48. The molecule has 1 aromatic carbocycles. The molecule has 116 valence electrons. The highest BCUT2D eigenvalue weighted by molar-refractivity contribution is 6.20. The molecule has 1 heterocycles. The normalized spacial score (nSPS) is 13.0. The lowest BCUT2D eigenvalue weighted by Gasteiger charge is -2.12. The predicted molar refractivity (Wildman–Crippen MR) is 86.3 cm³/mol. The van der Waals surface area contributed by atoms with Crippen LogP contribution >= 0.6 is 11.6 Å². The highest BCUT2D eigenvalue weighted by Gasteiger charge is 2.17. The van der Waals surface area contributed by atoms with Crippen molar-refractivity contribution >= 4 is 22.6 Å². The molecule has 0 aliphatic heterocycles. The Morgan fingerprint density at radius 2 is 2.05 bits per heavy atom. The van der Waals surface area contributed by atoms with Crippen molar-refractivity contribution in [2.75, 3.05) is 13.2 Å². The quantitative estimate of drug-likeness (QED) is 0.720. The number of hydrogen-bond acceptors (Lipinski definition) is 3.